The number of carbonyl (C=O) groups is 2. The van der Waals surface area contributed by atoms with Gasteiger partial charge in [-0.3, -0.25) is 14.9 Å². The minimum atomic E-state index is -0.343. The number of aromatic nitrogens is 1. The standard InChI is InChI=1S/C25H18N2O2S/c28-24-23(30-25(29)27-24)22(19-12-7-13-20-18(19)14-15-26-20)21(16-8-3-1-4-9-16)17-10-5-2-6-11-17/h1-15,21,26H,(H,27,28,29). The molecule has 3 aromatic carbocycles. The van der Waals surface area contributed by atoms with E-state index in [1.807, 2.05) is 66.9 Å². The second kappa shape index (κ2) is 7.69. The molecule has 1 aliphatic rings. The Hall–Kier alpha value is -3.57. The summed E-state index contributed by atoms with van der Waals surface area (Å²) in [6, 6.07) is 28.2. The molecule has 2 amide bonds. The highest BCUT2D eigenvalue weighted by atomic mass is 32.2. The Balaban J connectivity index is 1.85. The molecule has 4 nitrogen and oxygen atoms in total. The summed E-state index contributed by atoms with van der Waals surface area (Å²) in [5.41, 5.74) is 4.89. The maximum Gasteiger partial charge on any atom is 0.290 e. The Labute approximate surface area is 178 Å². The van der Waals surface area contributed by atoms with Gasteiger partial charge in [0.1, 0.15) is 0 Å². The van der Waals surface area contributed by atoms with Crippen LogP contribution in [0.2, 0.25) is 0 Å². The SMILES string of the molecule is O=C1NC(=O)C(=C(c2cccc3[nH]ccc23)C(c2ccccc2)c2ccccc2)S1. The van der Waals surface area contributed by atoms with Crippen LogP contribution < -0.4 is 5.32 Å². The van der Waals surface area contributed by atoms with E-state index < -0.39 is 0 Å². The summed E-state index contributed by atoms with van der Waals surface area (Å²) in [6.07, 6.45) is 1.89. The van der Waals surface area contributed by atoms with Gasteiger partial charge in [0, 0.05) is 23.0 Å². The lowest BCUT2D eigenvalue weighted by Gasteiger charge is -2.24. The summed E-state index contributed by atoms with van der Waals surface area (Å²) >= 11 is 0.975. The second-order valence-electron chi connectivity index (χ2n) is 7.09. The minimum Gasteiger partial charge on any atom is -0.361 e. The number of amides is 2. The quantitative estimate of drug-likeness (QED) is 0.425. The van der Waals surface area contributed by atoms with Gasteiger partial charge in [0.25, 0.3) is 11.1 Å². The predicted molar refractivity (Wildman–Crippen MR) is 121 cm³/mol. The molecule has 5 heteroatoms. The molecule has 0 bridgehead atoms. The summed E-state index contributed by atoms with van der Waals surface area (Å²) in [6.45, 7) is 0. The number of benzene rings is 3. The molecule has 2 heterocycles. The number of carbonyl (C=O) groups excluding carboxylic acids is 2. The van der Waals surface area contributed by atoms with E-state index in [0.717, 1.165) is 44.9 Å². The van der Waals surface area contributed by atoms with Gasteiger partial charge in [-0.15, -0.1) is 0 Å². The first-order chi connectivity index (χ1) is 14.7. The van der Waals surface area contributed by atoms with E-state index in [4.69, 9.17) is 0 Å². The van der Waals surface area contributed by atoms with Gasteiger partial charge in [-0.05, 0) is 46.2 Å². The Bertz CT molecular complexity index is 1240. The molecule has 1 aliphatic heterocycles. The fourth-order valence-corrected chi connectivity index (χ4v) is 4.85. The number of hydrogen-bond donors (Lipinski definition) is 2. The van der Waals surface area contributed by atoms with Crippen LogP contribution in [0.25, 0.3) is 16.5 Å². The van der Waals surface area contributed by atoms with Crippen LogP contribution in [0.4, 0.5) is 4.79 Å². The summed E-state index contributed by atoms with van der Waals surface area (Å²) < 4.78 is 0. The Morgan fingerprint density at radius 1 is 0.767 bits per heavy atom. The van der Waals surface area contributed by atoms with E-state index in [0.29, 0.717) is 4.91 Å². The lowest BCUT2D eigenvalue weighted by molar-refractivity contribution is -0.115. The molecule has 0 unspecified atom stereocenters. The fraction of sp³-hybridized carbons (Fsp3) is 0.0400. The third kappa shape index (κ3) is 3.23. The second-order valence-corrected chi connectivity index (χ2v) is 8.07. The van der Waals surface area contributed by atoms with Crippen molar-refractivity contribution in [3.63, 3.8) is 0 Å². The molecule has 1 aromatic heterocycles. The lowest BCUT2D eigenvalue weighted by atomic mass is 9.80. The highest BCUT2D eigenvalue weighted by Gasteiger charge is 2.34. The van der Waals surface area contributed by atoms with Crippen molar-refractivity contribution in [3.05, 3.63) is 113 Å². The highest BCUT2D eigenvalue weighted by Crippen LogP contribution is 2.45. The average Bonchev–Trinajstić information content (AvgIpc) is 3.39. The van der Waals surface area contributed by atoms with Crippen molar-refractivity contribution in [2.24, 2.45) is 0 Å². The van der Waals surface area contributed by atoms with Crippen LogP contribution in [-0.2, 0) is 4.79 Å². The summed E-state index contributed by atoms with van der Waals surface area (Å²) in [4.78, 5) is 28.6. The monoisotopic (exact) mass is 410 g/mol. The first-order valence-corrected chi connectivity index (χ1v) is 10.5. The van der Waals surface area contributed by atoms with Crippen molar-refractivity contribution in [2.45, 2.75) is 5.92 Å². The van der Waals surface area contributed by atoms with Crippen LogP contribution in [0.15, 0.2) is 96.0 Å². The average molecular weight is 410 g/mol. The van der Waals surface area contributed by atoms with Crippen LogP contribution in [0.1, 0.15) is 22.6 Å². The number of H-pyrrole nitrogens is 1. The summed E-state index contributed by atoms with van der Waals surface area (Å²) in [7, 11) is 0. The molecule has 2 N–H and O–H groups in total. The molecule has 1 fully saturated rings. The van der Waals surface area contributed by atoms with Crippen molar-refractivity contribution in [3.8, 4) is 0 Å². The number of allylic oxidation sites excluding steroid dienone is 1. The highest BCUT2D eigenvalue weighted by molar-refractivity contribution is 8.18. The molecule has 146 valence electrons. The van der Waals surface area contributed by atoms with Gasteiger partial charge in [-0.1, -0.05) is 72.8 Å². The summed E-state index contributed by atoms with van der Waals surface area (Å²) in [5.74, 6) is -0.545. The molecule has 0 aliphatic carbocycles. The number of imide groups is 1. The normalized spacial score (nSPS) is 15.6. The van der Waals surface area contributed by atoms with Gasteiger partial charge >= 0.3 is 0 Å². The Morgan fingerprint density at radius 2 is 1.43 bits per heavy atom. The number of rotatable bonds is 4. The van der Waals surface area contributed by atoms with Crippen LogP contribution in [0.3, 0.4) is 0 Å². The summed E-state index contributed by atoms with van der Waals surface area (Å²) in [5, 5.41) is 3.12. The third-order valence-electron chi connectivity index (χ3n) is 5.30. The molecular formula is C25H18N2O2S. The zero-order chi connectivity index (χ0) is 20.5. The van der Waals surface area contributed by atoms with Crippen molar-refractivity contribution < 1.29 is 9.59 Å². The maximum absolute atomic E-state index is 12.8. The van der Waals surface area contributed by atoms with Crippen LogP contribution in [0.5, 0.6) is 0 Å². The zero-order valence-corrected chi connectivity index (χ0v) is 16.8. The molecule has 4 aromatic rings. The van der Waals surface area contributed by atoms with Crippen molar-refractivity contribution in [2.75, 3.05) is 0 Å². The van der Waals surface area contributed by atoms with Crippen molar-refractivity contribution in [1.29, 1.82) is 0 Å². The van der Waals surface area contributed by atoms with E-state index in [1.54, 1.807) is 0 Å². The van der Waals surface area contributed by atoms with Crippen molar-refractivity contribution >= 4 is 39.4 Å². The van der Waals surface area contributed by atoms with Gasteiger partial charge in [0.15, 0.2) is 0 Å². The van der Waals surface area contributed by atoms with Crippen LogP contribution >= 0.6 is 11.8 Å². The van der Waals surface area contributed by atoms with Gasteiger partial charge in [0.2, 0.25) is 0 Å². The van der Waals surface area contributed by atoms with Gasteiger partial charge < -0.3 is 4.98 Å². The van der Waals surface area contributed by atoms with E-state index in [2.05, 4.69) is 34.6 Å². The number of aromatic amines is 1. The molecule has 5 rings (SSSR count). The van der Waals surface area contributed by atoms with Gasteiger partial charge in [-0.2, -0.15) is 0 Å². The molecule has 0 atom stereocenters. The van der Waals surface area contributed by atoms with Crippen LogP contribution in [-0.4, -0.2) is 16.1 Å². The first kappa shape index (κ1) is 18.5. The maximum atomic E-state index is 12.8. The number of nitrogens with one attached hydrogen (secondary N) is 2. The third-order valence-corrected chi connectivity index (χ3v) is 6.20. The molecule has 1 saturated heterocycles. The predicted octanol–water partition coefficient (Wildman–Crippen LogP) is 5.69. The Morgan fingerprint density at radius 3 is 2.03 bits per heavy atom. The molecule has 0 saturated carbocycles. The molecule has 0 radical (unpaired) electrons. The minimum absolute atomic E-state index is 0.202. The number of hydrogen-bond acceptors (Lipinski definition) is 3. The number of thioether (sulfide) groups is 1. The van der Waals surface area contributed by atoms with Gasteiger partial charge in [-0.25, -0.2) is 0 Å². The fourth-order valence-electron chi connectivity index (χ4n) is 4.04. The van der Waals surface area contributed by atoms with E-state index in [-0.39, 0.29) is 17.1 Å². The smallest absolute Gasteiger partial charge is 0.290 e. The topological polar surface area (TPSA) is 62.0 Å². The largest absolute Gasteiger partial charge is 0.361 e. The molecule has 0 spiro atoms. The zero-order valence-electron chi connectivity index (χ0n) is 16.0. The van der Waals surface area contributed by atoms with E-state index >= 15 is 0 Å². The number of fused-ring (bicyclic) bond motifs is 1. The van der Waals surface area contributed by atoms with Gasteiger partial charge in [0.05, 0.1) is 4.91 Å². The molecule has 30 heavy (non-hydrogen) atoms. The van der Waals surface area contributed by atoms with E-state index in [9.17, 15) is 9.59 Å². The Kier molecular flexibility index (Phi) is 4.73. The molecular weight excluding hydrogens is 392 g/mol. The van der Waals surface area contributed by atoms with E-state index in [1.165, 1.54) is 0 Å². The van der Waals surface area contributed by atoms with Crippen LogP contribution in [0, 0.1) is 0 Å². The first-order valence-electron chi connectivity index (χ1n) is 9.66. The van der Waals surface area contributed by atoms with Crippen molar-refractivity contribution in [1.82, 2.24) is 10.3 Å². The lowest BCUT2D eigenvalue weighted by Crippen LogP contribution is -2.19.